The maximum atomic E-state index is 9.57. The van der Waals surface area contributed by atoms with Gasteiger partial charge in [0.05, 0.1) is 6.33 Å². The molecule has 0 saturated carbocycles. The fourth-order valence-electron chi connectivity index (χ4n) is 0.215. The zero-order valence-electron chi connectivity index (χ0n) is 6.19. The van der Waals surface area contributed by atoms with Gasteiger partial charge in [0.1, 0.15) is 6.04 Å². The summed E-state index contributed by atoms with van der Waals surface area (Å²) >= 11 is 0. The van der Waals surface area contributed by atoms with Crippen LogP contribution in [-0.4, -0.2) is 27.1 Å². The van der Waals surface area contributed by atoms with Crippen LogP contribution >= 0.6 is 0 Å². The number of aromatic amines is 1. The molecule has 5 heteroatoms. The van der Waals surface area contributed by atoms with E-state index in [1.807, 2.05) is 0 Å². The fraction of sp³-hybridized carbons (Fsp3) is 0.333. The lowest BCUT2D eigenvalue weighted by Crippen LogP contribution is -2.25. The second-order valence-electron chi connectivity index (χ2n) is 1.89. The van der Waals surface area contributed by atoms with Gasteiger partial charge < -0.3 is 15.8 Å². The summed E-state index contributed by atoms with van der Waals surface area (Å²) in [6.45, 7) is 1.42. The summed E-state index contributed by atoms with van der Waals surface area (Å²) in [4.78, 5) is 16.0. The van der Waals surface area contributed by atoms with Crippen LogP contribution in [0.4, 0.5) is 0 Å². The molecule has 62 valence electrons. The lowest BCUT2D eigenvalue weighted by molar-refractivity contribution is -0.138. The van der Waals surface area contributed by atoms with E-state index in [0.29, 0.717) is 0 Å². The number of rotatable bonds is 1. The Labute approximate surface area is 64.3 Å². The molecule has 0 radical (unpaired) electrons. The molecule has 0 saturated heterocycles. The maximum Gasteiger partial charge on any atom is 0.320 e. The van der Waals surface area contributed by atoms with Gasteiger partial charge in [-0.2, -0.15) is 0 Å². The number of carboxylic acids is 1. The lowest BCUT2D eigenvalue weighted by atomic mass is 10.4. The van der Waals surface area contributed by atoms with Gasteiger partial charge in [-0.1, -0.05) is 0 Å². The van der Waals surface area contributed by atoms with E-state index in [9.17, 15) is 4.79 Å². The van der Waals surface area contributed by atoms with Crippen molar-refractivity contribution >= 4 is 5.97 Å². The Bertz CT molecular complexity index is 166. The summed E-state index contributed by atoms with van der Waals surface area (Å²) in [6.07, 6.45) is 5.08. The van der Waals surface area contributed by atoms with E-state index in [1.165, 1.54) is 6.92 Å². The highest BCUT2D eigenvalue weighted by Crippen LogP contribution is 1.68. The molecule has 1 unspecified atom stereocenters. The number of aliphatic carboxylic acids is 1. The van der Waals surface area contributed by atoms with Crippen molar-refractivity contribution in [2.75, 3.05) is 0 Å². The molecule has 5 nitrogen and oxygen atoms in total. The molecule has 1 heterocycles. The summed E-state index contributed by atoms with van der Waals surface area (Å²) in [5, 5.41) is 7.87. The van der Waals surface area contributed by atoms with Gasteiger partial charge in [0, 0.05) is 12.4 Å². The third kappa shape index (κ3) is 6.53. The van der Waals surface area contributed by atoms with Gasteiger partial charge in [-0.3, -0.25) is 4.79 Å². The van der Waals surface area contributed by atoms with E-state index < -0.39 is 12.0 Å². The third-order valence-corrected chi connectivity index (χ3v) is 0.795. The smallest absolute Gasteiger partial charge is 0.320 e. The second-order valence-corrected chi connectivity index (χ2v) is 1.89. The van der Waals surface area contributed by atoms with Crippen LogP contribution in [0.1, 0.15) is 6.92 Å². The Hall–Kier alpha value is -1.36. The van der Waals surface area contributed by atoms with E-state index >= 15 is 0 Å². The van der Waals surface area contributed by atoms with E-state index in [1.54, 1.807) is 18.7 Å². The summed E-state index contributed by atoms with van der Waals surface area (Å²) in [6, 6.07) is -0.731. The summed E-state index contributed by atoms with van der Waals surface area (Å²) in [5.41, 5.74) is 4.84. The topological polar surface area (TPSA) is 92.0 Å². The average molecular weight is 157 g/mol. The van der Waals surface area contributed by atoms with Crippen molar-refractivity contribution in [1.29, 1.82) is 0 Å². The van der Waals surface area contributed by atoms with E-state index in [-0.39, 0.29) is 0 Å². The normalized spacial score (nSPS) is 11.1. The molecule has 0 fully saturated rings. The highest BCUT2D eigenvalue weighted by molar-refractivity contribution is 5.72. The molecule has 0 amide bonds. The average Bonchev–Trinajstić information content (AvgIpc) is 2.41. The molecule has 0 aliphatic carbocycles. The number of nitrogens with two attached hydrogens (primary N) is 1. The standard InChI is InChI=1S/C3H4N2.C3H7NO2/c1-2-5-3-4-1;1-2(4)3(5)6/h1-3H,(H,4,5);2H,4H2,1H3,(H,5,6). The van der Waals surface area contributed by atoms with Crippen LogP contribution in [-0.2, 0) is 4.79 Å². The molecule has 0 aromatic carbocycles. The first kappa shape index (κ1) is 9.64. The Morgan fingerprint density at radius 1 is 1.82 bits per heavy atom. The highest BCUT2D eigenvalue weighted by atomic mass is 16.4. The Kier molecular flexibility index (Phi) is 4.76. The van der Waals surface area contributed by atoms with Crippen LogP contribution in [0.3, 0.4) is 0 Å². The van der Waals surface area contributed by atoms with Crippen molar-refractivity contribution in [2.45, 2.75) is 13.0 Å². The van der Waals surface area contributed by atoms with Gasteiger partial charge in [-0.25, -0.2) is 4.98 Å². The van der Waals surface area contributed by atoms with Crippen molar-refractivity contribution in [3.63, 3.8) is 0 Å². The molecule has 11 heavy (non-hydrogen) atoms. The first-order valence-electron chi connectivity index (χ1n) is 3.05. The van der Waals surface area contributed by atoms with Crippen molar-refractivity contribution in [3.8, 4) is 0 Å². The van der Waals surface area contributed by atoms with Crippen LogP contribution in [0, 0.1) is 0 Å². The molecule has 1 aromatic heterocycles. The number of H-pyrrole nitrogens is 1. The van der Waals surface area contributed by atoms with Crippen molar-refractivity contribution in [3.05, 3.63) is 18.7 Å². The zero-order chi connectivity index (χ0) is 8.69. The zero-order valence-corrected chi connectivity index (χ0v) is 6.19. The van der Waals surface area contributed by atoms with Crippen LogP contribution in [0.25, 0.3) is 0 Å². The first-order chi connectivity index (χ1) is 5.14. The summed E-state index contributed by atoms with van der Waals surface area (Å²) in [7, 11) is 0. The van der Waals surface area contributed by atoms with E-state index in [0.717, 1.165) is 0 Å². The fourth-order valence-corrected chi connectivity index (χ4v) is 0.215. The van der Waals surface area contributed by atoms with Gasteiger partial charge in [0.25, 0.3) is 0 Å². The minimum Gasteiger partial charge on any atom is -0.480 e. The third-order valence-electron chi connectivity index (χ3n) is 0.795. The Balaban J connectivity index is 0.000000183. The van der Waals surface area contributed by atoms with Crippen molar-refractivity contribution in [2.24, 2.45) is 5.73 Å². The quantitative estimate of drug-likeness (QED) is 0.527. The molecular weight excluding hydrogens is 146 g/mol. The minimum absolute atomic E-state index is 0.731. The van der Waals surface area contributed by atoms with Gasteiger partial charge in [-0.05, 0) is 6.92 Å². The second kappa shape index (κ2) is 5.43. The molecule has 1 aromatic rings. The molecule has 0 aliphatic rings. The van der Waals surface area contributed by atoms with Crippen molar-refractivity contribution in [1.82, 2.24) is 9.97 Å². The van der Waals surface area contributed by atoms with Crippen LogP contribution in [0.5, 0.6) is 0 Å². The first-order valence-corrected chi connectivity index (χ1v) is 3.05. The minimum atomic E-state index is -0.963. The van der Waals surface area contributed by atoms with Crippen molar-refractivity contribution < 1.29 is 9.90 Å². The van der Waals surface area contributed by atoms with Gasteiger partial charge >= 0.3 is 5.97 Å². The number of carbonyl (C=O) groups is 1. The van der Waals surface area contributed by atoms with Gasteiger partial charge in [-0.15, -0.1) is 0 Å². The maximum absolute atomic E-state index is 9.57. The largest absolute Gasteiger partial charge is 0.480 e. The number of imidazole rings is 1. The predicted octanol–water partition coefficient (Wildman–Crippen LogP) is -0.172. The molecule has 0 aliphatic heterocycles. The molecule has 0 spiro atoms. The molecule has 4 N–H and O–H groups in total. The molecule has 1 atom stereocenters. The number of carboxylic acid groups (broad SMARTS) is 1. The Morgan fingerprint density at radius 2 is 2.36 bits per heavy atom. The Morgan fingerprint density at radius 3 is 2.45 bits per heavy atom. The van der Waals surface area contributed by atoms with Crippen LogP contribution in [0.15, 0.2) is 18.7 Å². The summed E-state index contributed by atoms with van der Waals surface area (Å²) in [5.74, 6) is -0.963. The SMILES string of the molecule is CC(N)C(=O)O.c1c[nH]cn1. The number of aromatic nitrogens is 2. The molecule has 0 bridgehead atoms. The van der Waals surface area contributed by atoms with Gasteiger partial charge in [0.15, 0.2) is 0 Å². The van der Waals surface area contributed by atoms with E-state index in [2.05, 4.69) is 9.97 Å². The number of nitrogens with one attached hydrogen (secondary N) is 1. The highest BCUT2D eigenvalue weighted by Gasteiger charge is 1.99. The monoisotopic (exact) mass is 157 g/mol. The summed E-state index contributed by atoms with van der Waals surface area (Å²) < 4.78 is 0. The van der Waals surface area contributed by atoms with Gasteiger partial charge in [0.2, 0.25) is 0 Å². The number of nitrogens with zero attached hydrogens (tertiary/aromatic N) is 1. The lowest BCUT2D eigenvalue weighted by Gasteiger charge is -1.90. The van der Waals surface area contributed by atoms with Crippen LogP contribution in [0.2, 0.25) is 0 Å². The number of hydrogen-bond donors (Lipinski definition) is 3. The predicted molar refractivity (Wildman–Crippen MR) is 39.9 cm³/mol. The van der Waals surface area contributed by atoms with Crippen LogP contribution < -0.4 is 5.73 Å². The molecular formula is C6H11N3O2. The van der Waals surface area contributed by atoms with E-state index in [4.69, 9.17) is 10.8 Å². The molecule has 1 rings (SSSR count). The number of hydrogen-bond acceptors (Lipinski definition) is 3.